The summed E-state index contributed by atoms with van der Waals surface area (Å²) in [5.41, 5.74) is 0.597. The average Bonchev–Trinajstić information content (AvgIpc) is 2.62. The summed E-state index contributed by atoms with van der Waals surface area (Å²) in [6, 6.07) is 3.09. The number of hydrogen-bond donors (Lipinski definition) is 1. The number of likely N-dealkylation sites (tertiary alicyclic amines) is 1. The van der Waals surface area contributed by atoms with Crippen LogP contribution in [0.3, 0.4) is 0 Å². The molecule has 0 radical (unpaired) electrons. The van der Waals surface area contributed by atoms with Crippen LogP contribution in [-0.4, -0.2) is 58.2 Å². The summed E-state index contributed by atoms with van der Waals surface area (Å²) in [6.45, 7) is 2.00. The third-order valence-electron chi connectivity index (χ3n) is 4.52. The molecular weight excluding hydrogens is 324 g/mol. The van der Waals surface area contributed by atoms with E-state index in [0.29, 0.717) is 29.5 Å². The van der Waals surface area contributed by atoms with Crippen LogP contribution in [0.4, 0.5) is 5.69 Å². The Balaban J connectivity index is 2.16. The van der Waals surface area contributed by atoms with Crippen molar-refractivity contribution in [3.8, 4) is 11.5 Å². The predicted octanol–water partition coefficient (Wildman–Crippen LogP) is 2.16. The van der Waals surface area contributed by atoms with Crippen LogP contribution >= 0.6 is 0 Å². The molecule has 1 aromatic rings. The Morgan fingerprint density at radius 3 is 2.28 bits per heavy atom. The Bertz CT molecular complexity index is 624. The minimum atomic E-state index is -0.546. The molecule has 25 heavy (non-hydrogen) atoms. The maximum absolute atomic E-state index is 12.4. The van der Waals surface area contributed by atoms with Gasteiger partial charge < -0.3 is 24.4 Å². The van der Waals surface area contributed by atoms with E-state index < -0.39 is 5.97 Å². The Morgan fingerprint density at radius 1 is 1.12 bits per heavy atom. The lowest BCUT2D eigenvalue weighted by molar-refractivity contribution is -0.117. The summed E-state index contributed by atoms with van der Waals surface area (Å²) >= 11 is 0. The lowest BCUT2D eigenvalue weighted by atomic mass is 9.93. The Hall–Kier alpha value is -2.28. The van der Waals surface area contributed by atoms with Crippen molar-refractivity contribution in [1.29, 1.82) is 0 Å². The normalized spacial score (nSPS) is 15.5. The fourth-order valence-electron chi connectivity index (χ4n) is 2.99. The molecule has 1 saturated heterocycles. The maximum atomic E-state index is 12.4. The number of amides is 1. The van der Waals surface area contributed by atoms with Gasteiger partial charge in [0.1, 0.15) is 0 Å². The number of nitrogens with zero attached hydrogens (tertiary/aromatic N) is 1. The van der Waals surface area contributed by atoms with E-state index in [1.807, 2.05) is 0 Å². The number of esters is 1. The number of benzene rings is 1. The number of rotatable bonds is 6. The fraction of sp³-hybridized carbons (Fsp3) is 0.556. The lowest BCUT2D eigenvalue weighted by Crippen LogP contribution is -2.32. The second kappa shape index (κ2) is 8.71. The van der Waals surface area contributed by atoms with Crippen LogP contribution < -0.4 is 14.8 Å². The molecule has 1 aliphatic rings. The molecule has 1 fully saturated rings. The lowest BCUT2D eigenvalue weighted by Gasteiger charge is -2.28. The fourth-order valence-corrected chi connectivity index (χ4v) is 2.99. The van der Waals surface area contributed by atoms with Crippen molar-refractivity contribution in [3.05, 3.63) is 17.7 Å². The number of ether oxygens (including phenoxy) is 3. The Labute approximate surface area is 148 Å². The number of piperidine rings is 1. The van der Waals surface area contributed by atoms with Gasteiger partial charge in [0.2, 0.25) is 5.91 Å². The average molecular weight is 350 g/mol. The first-order valence-corrected chi connectivity index (χ1v) is 8.31. The van der Waals surface area contributed by atoms with Gasteiger partial charge in [0.15, 0.2) is 11.5 Å². The number of carbonyl (C=O) groups excluding carboxylic acids is 2. The van der Waals surface area contributed by atoms with Gasteiger partial charge in [-0.15, -0.1) is 0 Å². The van der Waals surface area contributed by atoms with Crippen molar-refractivity contribution in [3.63, 3.8) is 0 Å². The van der Waals surface area contributed by atoms with E-state index in [4.69, 9.17) is 14.2 Å². The van der Waals surface area contributed by atoms with Crippen LogP contribution in [0.25, 0.3) is 0 Å². The second-order valence-electron chi connectivity index (χ2n) is 6.24. The SMILES string of the molecule is COC(=O)c1cc(OC)c(OC)cc1NC(=O)CC1CCN(C)CC1. The highest BCUT2D eigenvalue weighted by molar-refractivity contribution is 6.02. The van der Waals surface area contributed by atoms with Gasteiger partial charge in [-0.25, -0.2) is 4.79 Å². The second-order valence-corrected chi connectivity index (χ2v) is 6.24. The largest absolute Gasteiger partial charge is 0.493 e. The van der Waals surface area contributed by atoms with Crippen molar-refractivity contribution in [1.82, 2.24) is 4.90 Å². The molecule has 0 aromatic heterocycles. The standard InChI is InChI=1S/C18H26N2O5/c1-20-7-5-12(6-8-20)9-17(21)19-14-11-16(24-3)15(23-2)10-13(14)18(22)25-4/h10-12H,5-9H2,1-4H3,(H,19,21). The highest BCUT2D eigenvalue weighted by Crippen LogP contribution is 2.34. The number of carbonyl (C=O) groups is 2. The van der Waals surface area contributed by atoms with Crippen LogP contribution in [-0.2, 0) is 9.53 Å². The van der Waals surface area contributed by atoms with Gasteiger partial charge in [0, 0.05) is 18.6 Å². The minimum absolute atomic E-state index is 0.119. The van der Waals surface area contributed by atoms with Crippen molar-refractivity contribution in [2.24, 2.45) is 5.92 Å². The molecule has 1 amide bonds. The topological polar surface area (TPSA) is 77.1 Å². The molecule has 0 bridgehead atoms. The molecule has 7 heteroatoms. The van der Waals surface area contributed by atoms with Crippen molar-refractivity contribution < 1.29 is 23.8 Å². The maximum Gasteiger partial charge on any atom is 0.340 e. The van der Waals surface area contributed by atoms with Gasteiger partial charge in [-0.2, -0.15) is 0 Å². The zero-order valence-electron chi connectivity index (χ0n) is 15.3. The molecule has 1 N–H and O–H groups in total. The first kappa shape index (κ1) is 19.1. The third kappa shape index (κ3) is 4.85. The first-order chi connectivity index (χ1) is 12.0. The molecule has 7 nitrogen and oxygen atoms in total. The van der Waals surface area contributed by atoms with E-state index in [9.17, 15) is 9.59 Å². The van der Waals surface area contributed by atoms with Crippen molar-refractivity contribution >= 4 is 17.6 Å². The predicted molar refractivity (Wildman–Crippen MR) is 94.4 cm³/mol. The molecular formula is C18H26N2O5. The van der Waals surface area contributed by atoms with Gasteiger partial charge in [0.05, 0.1) is 32.6 Å². The third-order valence-corrected chi connectivity index (χ3v) is 4.52. The summed E-state index contributed by atoms with van der Waals surface area (Å²) < 4.78 is 15.3. The minimum Gasteiger partial charge on any atom is -0.493 e. The smallest absolute Gasteiger partial charge is 0.340 e. The molecule has 0 aliphatic carbocycles. The van der Waals surface area contributed by atoms with E-state index in [1.165, 1.54) is 27.4 Å². The quantitative estimate of drug-likeness (QED) is 0.792. The van der Waals surface area contributed by atoms with E-state index >= 15 is 0 Å². The van der Waals surface area contributed by atoms with E-state index in [1.54, 1.807) is 6.07 Å². The zero-order chi connectivity index (χ0) is 18.4. The molecule has 1 aromatic carbocycles. The molecule has 0 unspecified atom stereocenters. The van der Waals surface area contributed by atoms with Crippen LogP contribution in [0, 0.1) is 5.92 Å². The monoisotopic (exact) mass is 350 g/mol. The van der Waals surface area contributed by atoms with Gasteiger partial charge >= 0.3 is 5.97 Å². The zero-order valence-corrected chi connectivity index (χ0v) is 15.3. The summed E-state index contributed by atoms with van der Waals surface area (Å²) in [5.74, 6) is 0.529. The van der Waals surface area contributed by atoms with E-state index in [2.05, 4.69) is 17.3 Å². The highest BCUT2D eigenvalue weighted by atomic mass is 16.5. The summed E-state index contributed by atoms with van der Waals surface area (Å²) in [5, 5.41) is 2.82. The Kier molecular flexibility index (Phi) is 6.64. The summed E-state index contributed by atoms with van der Waals surface area (Å²) in [7, 11) is 6.36. The molecule has 138 valence electrons. The number of nitrogens with one attached hydrogen (secondary N) is 1. The molecule has 0 atom stereocenters. The molecule has 2 rings (SSSR count). The summed E-state index contributed by atoms with van der Waals surface area (Å²) in [6.07, 6.45) is 2.43. The van der Waals surface area contributed by atoms with Gasteiger partial charge in [-0.1, -0.05) is 0 Å². The van der Waals surface area contributed by atoms with Crippen LogP contribution in [0.15, 0.2) is 12.1 Å². The molecule has 0 spiro atoms. The van der Waals surface area contributed by atoms with Crippen molar-refractivity contribution in [2.45, 2.75) is 19.3 Å². The van der Waals surface area contributed by atoms with Crippen LogP contribution in [0.5, 0.6) is 11.5 Å². The van der Waals surface area contributed by atoms with E-state index in [0.717, 1.165) is 25.9 Å². The highest BCUT2D eigenvalue weighted by Gasteiger charge is 2.22. The molecule has 1 heterocycles. The number of methoxy groups -OCH3 is 3. The molecule has 1 aliphatic heterocycles. The van der Waals surface area contributed by atoms with Gasteiger partial charge in [-0.05, 0) is 38.9 Å². The van der Waals surface area contributed by atoms with Crippen LogP contribution in [0.2, 0.25) is 0 Å². The van der Waals surface area contributed by atoms with Crippen molar-refractivity contribution in [2.75, 3.05) is 46.8 Å². The van der Waals surface area contributed by atoms with E-state index in [-0.39, 0.29) is 11.5 Å². The number of anilines is 1. The van der Waals surface area contributed by atoms with Gasteiger partial charge in [-0.3, -0.25) is 4.79 Å². The van der Waals surface area contributed by atoms with Gasteiger partial charge in [0.25, 0.3) is 0 Å². The van der Waals surface area contributed by atoms with Crippen LogP contribution in [0.1, 0.15) is 29.6 Å². The molecule has 0 saturated carbocycles. The number of hydrogen-bond acceptors (Lipinski definition) is 6. The summed E-state index contributed by atoms with van der Waals surface area (Å²) in [4.78, 5) is 26.7. The first-order valence-electron chi connectivity index (χ1n) is 8.31. The Morgan fingerprint density at radius 2 is 1.72 bits per heavy atom.